The molecular weight excluding hydrogens is 324 g/mol. The number of ether oxygens (including phenoxy) is 2. The molecule has 2 aromatic carbocycles. The molecule has 1 fully saturated rings. The van der Waals surface area contributed by atoms with Crippen molar-refractivity contribution in [3.05, 3.63) is 77.9 Å². The van der Waals surface area contributed by atoms with Crippen LogP contribution in [-0.4, -0.2) is 12.8 Å². The van der Waals surface area contributed by atoms with Crippen molar-refractivity contribution in [3.8, 4) is 5.75 Å². The molecule has 0 aromatic heterocycles. The second kappa shape index (κ2) is 8.22. The number of carbonyl (C=O) groups excluding carboxylic acids is 1. The van der Waals surface area contributed by atoms with Gasteiger partial charge in [-0.15, -0.1) is 0 Å². The summed E-state index contributed by atoms with van der Waals surface area (Å²) in [4.78, 5) is 11.6. The highest BCUT2D eigenvalue weighted by atomic mass is 16.7. The zero-order valence-electron chi connectivity index (χ0n) is 15.4. The molecule has 0 atom stereocenters. The largest absolute Gasteiger partial charge is 0.514 e. The number of hydrogen-bond acceptors (Lipinski definition) is 3. The van der Waals surface area contributed by atoms with Crippen LogP contribution < -0.4 is 4.74 Å². The van der Waals surface area contributed by atoms with Crippen LogP contribution in [0.15, 0.2) is 61.2 Å². The third kappa shape index (κ3) is 3.98. The summed E-state index contributed by atoms with van der Waals surface area (Å²) in [5.74, 6) is 0.498. The molecule has 1 aliphatic carbocycles. The second-order valence-corrected chi connectivity index (χ2v) is 6.98. The monoisotopic (exact) mass is 350 g/mol. The van der Waals surface area contributed by atoms with Gasteiger partial charge < -0.3 is 9.47 Å². The quantitative estimate of drug-likeness (QED) is 0.380. The van der Waals surface area contributed by atoms with Gasteiger partial charge in [0.05, 0.1) is 0 Å². The minimum absolute atomic E-state index is 0.0494. The lowest BCUT2D eigenvalue weighted by molar-refractivity contribution is 0.109. The van der Waals surface area contributed by atoms with E-state index >= 15 is 0 Å². The predicted molar refractivity (Wildman–Crippen MR) is 104 cm³/mol. The maximum absolute atomic E-state index is 11.6. The van der Waals surface area contributed by atoms with Gasteiger partial charge in [-0.1, -0.05) is 73.9 Å². The molecule has 0 unspecified atom stereocenters. The molecule has 0 bridgehead atoms. The van der Waals surface area contributed by atoms with Gasteiger partial charge in [-0.25, -0.2) is 4.79 Å². The summed E-state index contributed by atoms with van der Waals surface area (Å²) in [6.45, 7) is 5.78. The highest BCUT2D eigenvalue weighted by Gasteiger charge is 2.35. The van der Waals surface area contributed by atoms with E-state index in [2.05, 4.69) is 49.9 Å². The summed E-state index contributed by atoms with van der Waals surface area (Å²) in [5, 5.41) is 0. The lowest BCUT2D eigenvalue weighted by Gasteiger charge is -2.38. The van der Waals surface area contributed by atoms with Gasteiger partial charge in [0.2, 0.25) is 0 Å². The molecule has 3 heteroatoms. The Hall–Kier alpha value is -2.55. The Bertz CT molecular complexity index is 738. The molecule has 0 N–H and O–H groups in total. The van der Waals surface area contributed by atoms with Crippen LogP contribution in [0.2, 0.25) is 0 Å². The van der Waals surface area contributed by atoms with Gasteiger partial charge in [0.15, 0.2) is 0 Å². The van der Waals surface area contributed by atoms with E-state index in [1.165, 1.54) is 42.0 Å². The van der Waals surface area contributed by atoms with Gasteiger partial charge in [0.25, 0.3) is 0 Å². The van der Waals surface area contributed by atoms with Crippen molar-refractivity contribution in [2.75, 3.05) is 6.61 Å². The molecule has 1 saturated carbocycles. The fourth-order valence-electron chi connectivity index (χ4n) is 3.87. The summed E-state index contributed by atoms with van der Waals surface area (Å²) in [6, 6.07) is 16.8. The maximum atomic E-state index is 11.6. The summed E-state index contributed by atoms with van der Waals surface area (Å²) in [6.07, 6.45) is 6.88. The molecule has 0 aliphatic heterocycles. The second-order valence-electron chi connectivity index (χ2n) is 6.98. The van der Waals surface area contributed by atoms with Crippen LogP contribution in [0.4, 0.5) is 4.79 Å². The van der Waals surface area contributed by atoms with Gasteiger partial charge in [-0.2, -0.15) is 0 Å². The lowest BCUT2D eigenvalue weighted by atomic mass is 9.65. The fourth-order valence-corrected chi connectivity index (χ4v) is 3.87. The number of hydrogen-bond donors (Lipinski definition) is 0. The van der Waals surface area contributed by atoms with E-state index in [1.807, 2.05) is 12.1 Å². The Morgan fingerprint density at radius 3 is 2.15 bits per heavy atom. The first-order chi connectivity index (χ1) is 12.6. The van der Waals surface area contributed by atoms with Crippen LogP contribution in [0.25, 0.3) is 0 Å². The van der Waals surface area contributed by atoms with Crippen LogP contribution in [0.1, 0.15) is 48.8 Å². The summed E-state index contributed by atoms with van der Waals surface area (Å²) in [7, 11) is 0. The SMILES string of the molecule is C=CCOC(=O)Oc1ccc(C2(c3ccc(C)cc3)CCCCC2)cc1. The molecule has 3 nitrogen and oxygen atoms in total. The molecule has 0 radical (unpaired) electrons. The van der Waals surface area contributed by atoms with E-state index in [-0.39, 0.29) is 12.0 Å². The average Bonchev–Trinajstić information content (AvgIpc) is 2.68. The summed E-state index contributed by atoms with van der Waals surface area (Å²) in [5.41, 5.74) is 3.99. The molecule has 26 heavy (non-hydrogen) atoms. The molecule has 0 spiro atoms. The number of carbonyl (C=O) groups is 1. The highest BCUT2D eigenvalue weighted by molar-refractivity contribution is 5.64. The van der Waals surface area contributed by atoms with E-state index < -0.39 is 6.16 Å². The van der Waals surface area contributed by atoms with Gasteiger partial charge in [-0.05, 0) is 43.0 Å². The molecule has 3 rings (SSSR count). The van der Waals surface area contributed by atoms with Crippen molar-refractivity contribution in [1.82, 2.24) is 0 Å². The molecule has 2 aromatic rings. The first-order valence-corrected chi connectivity index (χ1v) is 9.27. The van der Waals surface area contributed by atoms with Gasteiger partial charge >= 0.3 is 6.16 Å². The van der Waals surface area contributed by atoms with Gasteiger partial charge in [0, 0.05) is 5.41 Å². The van der Waals surface area contributed by atoms with Crippen LogP contribution in [-0.2, 0) is 10.2 Å². The number of aryl methyl sites for hydroxylation is 1. The van der Waals surface area contributed by atoms with Crippen molar-refractivity contribution in [3.63, 3.8) is 0 Å². The van der Waals surface area contributed by atoms with Crippen molar-refractivity contribution < 1.29 is 14.3 Å². The molecular formula is C23H26O3. The molecule has 1 aliphatic rings. The summed E-state index contributed by atoms with van der Waals surface area (Å²) >= 11 is 0. The normalized spacial score (nSPS) is 15.9. The minimum Gasteiger partial charge on any atom is -0.430 e. The number of rotatable bonds is 5. The molecule has 0 heterocycles. The molecule has 136 valence electrons. The van der Waals surface area contributed by atoms with Crippen molar-refractivity contribution in [2.24, 2.45) is 0 Å². The Labute approximate surface area is 155 Å². The zero-order chi connectivity index (χ0) is 18.4. The van der Waals surface area contributed by atoms with Crippen LogP contribution in [0, 0.1) is 6.92 Å². The van der Waals surface area contributed by atoms with Crippen LogP contribution in [0.5, 0.6) is 5.75 Å². The third-order valence-electron chi connectivity index (χ3n) is 5.24. The Kier molecular flexibility index (Phi) is 5.77. The van der Waals surface area contributed by atoms with E-state index in [4.69, 9.17) is 9.47 Å². The number of benzene rings is 2. The predicted octanol–water partition coefficient (Wildman–Crippen LogP) is 5.95. The molecule has 0 saturated heterocycles. The van der Waals surface area contributed by atoms with Crippen molar-refractivity contribution in [1.29, 1.82) is 0 Å². The Morgan fingerprint density at radius 1 is 1.00 bits per heavy atom. The van der Waals surface area contributed by atoms with E-state index in [0.717, 1.165) is 12.8 Å². The van der Waals surface area contributed by atoms with Crippen LogP contribution >= 0.6 is 0 Å². The minimum atomic E-state index is -0.705. The van der Waals surface area contributed by atoms with Crippen LogP contribution in [0.3, 0.4) is 0 Å². The third-order valence-corrected chi connectivity index (χ3v) is 5.24. The van der Waals surface area contributed by atoms with Gasteiger partial charge in [0.1, 0.15) is 12.4 Å². The topological polar surface area (TPSA) is 35.5 Å². The van der Waals surface area contributed by atoms with Gasteiger partial charge in [-0.3, -0.25) is 0 Å². The Morgan fingerprint density at radius 2 is 1.58 bits per heavy atom. The maximum Gasteiger partial charge on any atom is 0.514 e. The smallest absolute Gasteiger partial charge is 0.430 e. The van der Waals surface area contributed by atoms with E-state index in [9.17, 15) is 4.79 Å². The Balaban J connectivity index is 1.84. The first-order valence-electron chi connectivity index (χ1n) is 9.27. The highest BCUT2D eigenvalue weighted by Crippen LogP contribution is 2.45. The molecule has 0 amide bonds. The fraction of sp³-hybridized carbons (Fsp3) is 0.348. The van der Waals surface area contributed by atoms with E-state index in [0.29, 0.717) is 5.75 Å². The van der Waals surface area contributed by atoms with Crippen molar-refractivity contribution in [2.45, 2.75) is 44.4 Å². The van der Waals surface area contributed by atoms with Crippen molar-refractivity contribution >= 4 is 6.16 Å². The zero-order valence-corrected chi connectivity index (χ0v) is 15.4. The average molecular weight is 350 g/mol. The first kappa shape index (κ1) is 18.2. The standard InChI is InChI=1S/C23H26O3/c1-3-17-25-22(24)26-21-13-11-20(12-14-21)23(15-5-4-6-16-23)19-9-7-18(2)8-10-19/h3,7-14H,1,4-6,15-17H2,2H3. The lowest BCUT2D eigenvalue weighted by Crippen LogP contribution is -2.30. The summed E-state index contributed by atoms with van der Waals surface area (Å²) < 4.78 is 10.1. The van der Waals surface area contributed by atoms with E-state index in [1.54, 1.807) is 0 Å².